The Balaban J connectivity index is 1.66. The molecule has 1 heterocycles. The predicted octanol–water partition coefficient (Wildman–Crippen LogP) is 4.89. The van der Waals surface area contributed by atoms with Crippen LogP contribution in [0, 0.1) is 3.57 Å². The third-order valence-electron chi connectivity index (χ3n) is 6.00. The van der Waals surface area contributed by atoms with Crippen LogP contribution >= 0.6 is 45.8 Å². The Morgan fingerprint density at radius 3 is 2.26 bits per heavy atom. The lowest BCUT2D eigenvalue weighted by Crippen LogP contribution is -2.44. The molecule has 0 aliphatic heterocycles. The number of aromatic nitrogens is 2. The molecule has 0 radical (unpaired) electrons. The zero-order chi connectivity index (χ0) is 28.4. The SMILES string of the molecule is CC(C)OC(=O)C(Cc1ccc(-n2c(=O)c3cc(I)ccc3n(C)c2=O)cc1)NC(=O)c1c(Cl)cccc1Cl. The summed E-state index contributed by atoms with van der Waals surface area (Å²) in [6.45, 7) is 3.42. The Morgan fingerprint density at radius 1 is 1.00 bits per heavy atom. The number of aryl methyl sites for hydroxylation is 1. The molecular formula is C28H24Cl2IN3O5. The van der Waals surface area contributed by atoms with Gasteiger partial charge in [-0.2, -0.15) is 0 Å². The van der Waals surface area contributed by atoms with Gasteiger partial charge < -0.3 is 10.1 Å². The van der Waals surface area contributed by atoms with Crippen LogP contribution < -0.4 is 16.6 Å². The predicted molar refractivity (Wildman–Crippen MR) is 160 cm³/mol. The second-order valence-electron chi connectivity index (χ2n) is 9.12. The smallest absolute Gasteiger partial charge is 0.335 e. The average molecular weight is 680 g/mol. The molecule has 0 aliphatic carbocycles. The quantitative estimate of drug-likeness (QED) is 0.222. The molecule has 0 spiro atoms. The number of amides is 1. The zero-order valence-corrected chi connectivity index (χ0v) is 24.9. The summed E-state index contributed by atoms with van der Waals surface area (Å²) in [5.41, 5.74) is 0.720. The Kier molecular flexibility index (Phi) is 8.83. The monoisotopic (exact) mass is 679 g/mol. The number of nitrogens with one attached hydrogen (secondary N) is 1. The highest BCUT2D eigenvalue weighted by atomic mass is 127. The number of carbonyl (C=O) groups excluding carboxylic acids is 2. The van der Waals surface area contributed by atoms with Gasteiger partial charge in [-0.25, -0.2) is 14.2 Å². The Morgan fingerprint density at radius 2 is 1.64 bits per heavy atom. The fraction of sp³-hybridized carbons (Fsp3) is 0.214. The van der Waals surface area contributed by atoms with Gasteiger partial charge in [0.2, 0.25) is 0 Å². The number of ether oxygens (including phenoxy) is 1. The van der Waals surface area contributed by atoms with Gasteiger partial charge in [-0.3, -0.25) is 14.2 Å². The van der Waals surface area contributed by atoms with Crippen molar-refractivity contribution < 1.29 is 14.3 Å². The summed E-state index contributed by atoms with van der Waals surface area (Å²) in [6, 6.07) is 15.6. The number of nitrogens with zero attached hydrogens (tertiary/aromatic N) is 2. The lowest BCUT2D eigenvalue weighted by molar-refractivity contribution is -0.149. The molecule has 0 aliphatic rings. The summed E-state index contributed by atoms with van der Waals surface area (Å²) in [4.78, 5) is 52.1. The second kappa shape index (κ2) is 11.9. The molecule has 1 atom stereocenters. The third kappa shape index (κ3) is 6.21. The molecule has 4 rings (SSSR count). The van der Waals surface area contributed by atoms with E-state index in [0.29, 0.717) is 22.2 Å². The van der Waals surface area contributed by atoms with Crippen LogP contribution in [0.5, 0.6) is 0 Å². The van der Waals surface area contributed by atoms with E-state index in [1.165, 1.54) is 16.7 Å². The van der Waals surface area contributed by atoms with E-state index in [0.717, 1.165) is 8.14 Å². The van der Waals surface area contributed by atoms with E-state index in [1.54, 1.807) is 63.4 Å². The van der Waals surface area contributed by atoms with E-state index in [2.05, 4.69) is 27.9 Å². The van der Waals surface area contributed by atoms with Crippen molar-refractivity contribution >= 4 is 68.6 Å². The van der Waals surface area contributed by atoms with E-state index in [-0.39, 0.29) is 22.0 Å². The molecule has 0 bridgehead atoms. The van der Waals surface area contributed by atoms with Gasteiger partial charge in [0.1, 0.15) is 6.04 Å². The average Bonchev–Trinajstić information content (AvgIpc) is 2.87. The molecular weight excluding hydrogens is 656 g/mol. The molecule has 0 saturated carbocycles. The van der Waals surface area contributed by atoms with Crippen molar-refractivity contribution in [2.45, 2.75) is 32.4 Å². The van der Waals surface area contributed by atoms with Gasteiger partial charge in [0.15, 0.2) is 0 Å². The number of halogens is 3. The number of hydrogen-bond acceptors (Lipinski definition) is 5. The van der Waals surface area contributed by atoms with E-state index >= 15 is 0 Å². The van der Waals surface area contributed by atoms with Crippen LogP contribution in [0.25, 0.3) is 16.6 Å². The topological polar surface area (TPSA) is 99.4 Å². The summed E-state index contributed by atoms with van der Waals surface area (Å²) >= 11 is 14.5. The first kappa shape index (κ1) is 28.8. The van der Waals surface area contributed by atoms with Gasteiger partial charge in [0.05, 0.1) is 38.3 Å². The molecule has 1 N–H and O–H groups in total. The molecule has 1 aromatic heterocycles. The fourth-order valence-corrected chi connectivity index (χ4v) is 5.19. The van der Waals surface area contributed by atoms with Crippen molar-refractivity contribution in [3.63, 3.8) is 0 Å². The Labute approximate surface area is 247 Å². The first-order chi connectivity index (χ1) is 18.5. The highest BCUT2D eigenvalue weighted by molar-refractivity contribution is 14.1. The summed E-state index contributed by atoms with van der Waals surface area (Å²) in [7, 11) is 1.61. The number of fused-ring (bicyclic) bond motifs is 1. The van der Waals surface area contributed by atoms with E-state index in [9.17, 15) is 19.2 Å². The molecule has 39 heavy (non-hydrogen) atoms. The molecule has 0 fully saturated rings. The molecule has 0 saturated heterocycles. The molecule has 4 aromatic rings. The van der Waals surface area contributed by atoms with Crippen molar-refractivity contribution in [2.24, 2.45) is 7.05 Å². The number of esters is 1. The minimum Gasteiger partial charge on any atom is -0.461 e. The lowest BCUT2D eigenvalue weighted by Gasteiger charge is -2.20. The van der Waals surface area contributed by atoms with Gasteiger partial charge in [0, 0.05) is 17.0 Å². The molecule has 3 aromatic carbocycles. The maximum Gasteiger partial charge on any atom is 0.335 e. The van der Waals surface area contributed by atoms with E-state index in [1.807, 2.05) is 6.07 Å². The van der Waals surface area contributed by atoms with E-state index < -0.39 is 35.3 Å². The molecule has 11 heteroatoms. The first-order valence-electron chi connectivity index (χ1n) is 11.9. The molecule has 1 unspecified atom stereocenters. The third-order valence-corrected chi connectivity index (χ3v) is 7.30. The summed E-state index contributed by atoms with van der Waals surface area (Å²) in [5.74, 6) is -1.24. The summed E-state index contributed by atoms with van der Waals surface area (Å²) < 4.78 is 8.76. The summed E-state index contributed by atoms with van der Waals surface area (Å²) in [6.07, 6.45) is -0.315. The van der Waals surface area contributed by atoms with Crippen molar-refractivity contribution in [3.05, 3.63) is 106 Å². The van der Waals surface area contributed by atoms with Crippen LogP contribution in [0.3, 0.4) is 0 Å². The van der Waals surface area contributed by atoms with Crippen molar-refractivity contribution in [1.29, 1.82) is 0 Å². The first-order valence-corrected chi connectivity index (χ1v) is 13.8. The Bertz CT molecular complexity index is 1680. The van der Waals surface area contributed by atoms with Crippen molar-refractivity contribution in [1.82, 2.24) is 14.5 Å². The van der Waals surface area contributed by atoms with Gasteiger partial charge in [-0.15, -0.1) is 0 Å². The maximum absolute atomic E-state index is 13.2. The van der Waals surface area contributed by atoms with Gasteiger partial charge in [-0.05, 0) is 84.5 Å². The minimum atomic E-state index is -1.04. The number of hydrogen-bond donors (Lipinski definition) is 1. The van der Waals surface area contributed by atoms with Gasteiger partial charge in [-0.1, -0.05) is 41.4 Å². The molecule has 8 nitrogen and oxygen atoms in total. The molecule has 1 amide bonds. The highest BCUT2D eigenvalue weighted by Crippen LogP contribution is 2.24. The zero-order valence-electron chi connectivity index (χ0n) is 21.2. The van der Waals surface area contributed by atoms with Gasteiger partial charge in [0.25, 0.3) is 11.5 Å². The summed E-state index contributed by atoms with van der Waals surface area (Å²) in [5, 5.41) is 3.40. The number of benzene rings is 3. The number of carbonyl (C=O) groups is 2. The normalized spacial score (nSPS) is 12.0. The van der Waals surface area contributed by atoms with Crippen LogP contribution in [-0.2, 0) is 23.0 Å². The molecule has 202 valence electrons. The van der Waals surface area contributed by atoms with Crippen LogP contribution in [0.15, 0.2) is 70.3 Å². The maximum atomic E-state index is 13.2. The Hall–Kier alpha value is -3.15. The van der Waals surface area contributed by atoms with Crippen molar-refractivity contribution in [2.75, 3.05) is 0 Å². The second-order valence-corrected chi connectivity index (χ2v) is 11.2. The minimum absolute atomic E-state index is 0.0553. The van der Waals surface area contributed by atoms with Gasteiger partial charge >= 0.3 is 11.7 Å². The van der Waals surface area contributed by atoms with E-state index in [4.69, 9.17) is 27.9 Å². The fourth-order valence-electron chi connectivity index (χ4n) is 4.13. The standard InChI is InChI=1S/C28H24Cl2IN3O5/c1-15(2)39-27(37)22(32-25(35)24-20(29)5-4-6-21(24)30)13-16-7-10-18(11-8-16)34-26(36)19-14-17(31)9-12-23(19)33(3)28(34)38/h4-12,14-15,22H,13H2,1-3H3,(H,32,35). The number of rotatable bonds is 7. The van der Waals surface area contributed by atoms with Crippen LogP contribution in [-0.4, -0.2) is 33.2 Å². The van der Waals surface area contributed by atoms with Crippen molar-refractivity contribution in [3.8, 4) is 5.69 Å². The van der Waals surface area contributed by atoms with Crippen LogP contribution in [0.4, 0.5) is 0 Å². The highest BCUT2D eigenvalue weighted by Gasteiger charge is 2.26. The largest absolute Gasteiger partial charge is 0.461 e. The van der Waals surface area contributed by atoms with Crippen LogP contribution in [0.2, 0.25) is 10.0 Å². The lowest BCUT2D eigenvalue weighted by atomic mass is 10.0. The van der Waals surface area contributed by atoms with Crippen LogP contribution in [0.1, 0.15) is 29.8 Å².